The average Bonchev–Trinajstić information content (AvgIpc) is 2.85. The molecule has 7 heteroatoms. The number of hydrogen-bond acceptors (Lipinski definition) is 6. The summed E-state index contributed by atoms with van der Waals surface area (Å²) in [5, 5.41) is 3.67. The van der Waals surface area contributed by atoms with E-state index in [0.717, 1.165) is 30.5 Å². The van der Waals surface area contributed by atoms with Gasteiger partial charge in [-0.2, -0.15) is 0 Å². The molecule has 0 aliphatic carbocycles. The Morgan fingerprint density at radius 2 is 2.29 bits per heavy atom. The molecule has 2 rings (SSSR count). The predicted molar refractivity (Wildman–Crippen MR) is 83.8 cm³/mol. The van der Waals surface area contributed by atoms with Gasteiger partial charge >= 0.3 is 6.09 Å². The fourth-order valence-corrected chi connectivity index (χ4v) is 2.52. The van der Waals surface area contributed by atoms with Gasteiger partial charge in [0, 0.05) is 19.3 Å². The highest BCUT2D eigenvalue weighted by Crippen LogP contribution is 2.20. The molecule has 1 unspecified atom stereocenters. The van der Waals surface area contributed by atoms with Gasteiger partial charge in [0.15, 0.2) is 5.16 Å². The molecule has 1 saturated heterocycles. The van der Waals surface area contributed by atoms with E-state index in [0.29, 0.717) is 0 Å². The first-order chi connectivity index (χ1) is 9.87. The second-order valence-corrected chi connectivity index (χ2v) is 6.75. The summed E-state index contributed by atoms with van der Waals surface area (Å²) in [6.45, 7) is 7.18. The summed E-state index contributed by atoms with van der Waals surface area (Å²) in [5.41, 5.74) is -0.470. The van der Waals surface area contributed by atoms with E-state index in [9.17, 15) is 4.79 Å². The number of nitrogens with one attached hydrogen (secondary N) is 1. The van der Waals surface area contributed by atoms with Crippen LogP contribution in [0.4, 0.5) is 10.6 Å². The third kappa shape index (κ3) is 4.77. The lowest BCUT2D eigenvalue weighted by molar-refractivity contribution is 0.0509. The van der Waals surface area contributed by atoms with E-state index in [2.05, 4.69) is 20.2 Å². The van der Waals surface area contributed by atoms with Crippen LogP contribution in [0.3, 0.4) is 0 Å². The fourth-order valence-electron chi connectivity index (χ4n) is 2.17. The Morgan fingerprint density at radius 1 is 1.52 bits per heavy atom. The van der Waals surface area contributed by atoms with Crippen molar-refractivity contribution in [3.63, 3.8) is 0 Å². The van der Waals surface area contributed by atoms with E-state index < -0.39 is 5.60 Å². The van der Waals surface area contributed by atoms with Gasteiger partial charge in [0.05, 0.1) is 6.04 Å². The van der Waals surface area contributed by atoms with Crippen LogP contribution in [0.25, 0.3) is 0 Å². The van der Waals surface area contributed by atoms with Gasteiger partial charge in [-0.15, -0.1) is 0 Å². The van der Waals surface area contributed by atoms with E-state index in [4.69, 9.17) is 4.74 Å². The zero-order valence-electron chi connectivity index (χ0n) is 12.9. The van der Waals surface area contributed by atoms with Gasteiger partial charge in [0.2, 0.25) is 0 Å². The van der Waals surface area contributed by atoms with Crippen LogP contribution in [0.15, 0.2) is 17.4 Å². The maximum Gasteiger partial charge on any atom is 0.407 e. The lowest BCUT2D eigenvalue weighted by Crippen LogP contribution is -2.40. The molecule has 1 amide bonds. The second kappa shape index (κ2) is 6.51. The van der Waals surface area contributed by atoms with Gasteiger partial charge in [-0.25, -0.2) is 14.8 Å². The number of hydrogen-bond donors (Lipinski definition) is 1. The first-order valence-corrected chi connectivity index (χ1v) is 8.21. The largest absolute Gasteiger partial charge is 0.444 e. The van der Waals surface area contributed by atoms with Crippen molar-refractivity contribution in [1.29, 1.82) is 0 Å². The molecule has 1 aliphatic rings. The molecule has 1 N–H and O–H groups in total. The first-order valence-electron chi connectivity index (χ1n) is 6.99. The average molecular weight is 310 g/mol. The van der Waals surface area contributed by atoms with E-state index in [1.54, 1.807) is 6.20 Å². The first kappa shape index (κ1) is 15.9. The zero-order chi connectivity index (χ0) is 15.5. The fraction of sp³-hybridized carbons (Fsp3) is 0.643. The highest BCUT2D eigenvalue weighted by atomic mass is 32.2. The standard InChI is InChI=1S/C14H22N4O2S/c1-14(2,3)20-13(19)16-10-6-8-18(9-10)11-5-7-15-12(17-11)21-4/h5,7,10H,6,8-9H2,1-4H3,(H,16,19). The Hall–Kier alpha value is -1.50. The smallest absolute Gasteiger partial charge is 0.407 e. The Bertz CT molecular complexity index is 504. The number of anilines is 1. The number of rotatable bonds is 3. The van der Waals surface area contributed by atoms with Crippen molar-refractivity contribution in [3.05, 3.63) is 12.3 Å². The molecule has 21 heavy (non-hydrogen) atoms. The maximum absolute atomic E-state index is 11.8. The van der Waals surface area contributed by atoms with E-state index in [1.165, 1.54) is 11.8 Å². The molecule has 6 nitrogen and oxygen atoms in total. The van der Waals surface area contributed by atoms with Gasteiger partial charge in [-0.1, -0.05) is 11.8 Å². The van der Waals surface area contributed by atoms with E-state index in [-0.39, 0.29) is 12.1 Å². The van der Waals surface area contributed by atoms with Crippen LogP contribution in [-0.4, -0.2) is 47.0 Å². The third-order valence-electron chi connectivity index (χ3n) is 3.03. The van der Waals surface area contributed by atoms with Crippen molar-refractivity contribution in [3.8, 4) is 0 Å². The zero-order valence-corrected chi connectivity index (χ0v) is 13.7. The number of amides is 1. The highest BCUT2D eigenvalue weighted by Gasteiger charge is 2.26. The molecular formula is C14H22N4O2S. The minimum absolute atomic E-state index is 0.0903. The Kier molecular flexibility index (Phi) is 4.92. The van der Waals surface area contributed by atoms with Crippen molar-refractivity contribution in [1.82, 2.24) is 15.3 Å². The molecule has 0 aromatic carbocycles. The molecule has 2 heterocycles. The molecule has 1 fully saturated rings. The number of thioether (sulfide) groups is 1. The number of nitrogens with zero attached hydrogens (tertiary/aromatic N) is 3. The number of carbonyl (C=O) groups is 1. The molecule has 1 atom stereocenters. The van der Waals surface area contributed by atoms with Crippen molar-refractivity contribution in [2.75, 3.05) is 24.2 Å². The number of ether oxygens (including phenoxy) is 1. The molecular weight excluding hydrogens is 288 g/mol. The monoisotopic (exact) mass is 310 g/mol. The van der Waals surface area contributed by atoms with Crippen molar-refractivity contribution >= 4 is 23.7 Å². The van der Waals surface area contributed by atoms with Crippen LogP contribution in [0.1, 0.15) is 27.2 Å². The highest BCUT2D eigenvalue weighted by molar-refractivity contribution is 7.98. The number of aromatic nitrogens is 2. The molecule has 116 valence electrons. The SMILES string of the molecule is CSc1nccc(N2CCC(NC(=O)OC(C)(C)C)C2)n1. The molecule has 1 aliphatic heterocycles. The van der Waals surface area contributed by atoms with Gasteiger partial charge in [0.25, 0.3) is 0 Å². The minimum Gasteiger partial charge on any atom is -0.444 e. The Morgan fingerprint density at radius 3 is 2.95 bits per heavy atom. The van der Waals surface area contributed by atoms with E-state index in [1.807, 2.05) is 33.1 Å². The Balaban J connectivity index is 1.90. The summed E-state index contributed by atoms with van der Waals surface area (Å²) in [5.74, 6) is 0.905. The van der Waals surface area contributed by atoms with Crippen LogP contribution in [0, 0.1) is 0 Å². The summed E-state index contributed by atoms with van der Waals surface area (Å²) in [7, 11) is 0. The van der Waals surface area contributed by atoms with Crippen LogP contribution < -0.4 is 10.2 Å². The second-order valence-electron chi connectivity index (χ2n) is 5.98. The number of alkyl carbamates (subject to hydrolysis) is 1. The lowest BCUT2D eigenvalue weighted by atomic mass is 10.2. The summed E-state index contributed by atoms with van der Waals surface area (Å²) >= 11 is 1.52. The molecule has 0 radical (unpaired) electrons. The molecule has 0 bridgehead atoms. The van der Waals surface area contributed by atoms with Gasteiger partial charge in [0.1, 0.15) is 11.4 Å². The summed E-state index contributed by atoms with van der Waals surface area (Å²) < 4.78 is 5.28. The molecule has 0 spiro atoms. The molecule has 1 aromatic rings. The van der Waals surface area contributed by atoms with Crippen LogP contribution >= 0.6 is 11.8 Å². The van der Waals surface area contributed by atoms with Crippen LogP contribution in [0.5, 0.6) is 0 Å². The van der Waals surface area contributed by atoms with Gasteiger partial charge in [-0.3, -0.25) is 0 Å². The van der Waals surface area contributed by atoms with Crippen LogP contribution in [-0.2, 0) is 4.74 Å². The maximum atomic E-state index is 11.8. The third-order valence-corrected chi connectivity index (χ3v) is 3.60. The van der Waals surface area contributed by atoms with Crippen molar-refractivity contribution in [2.45, 2.75) is 44.0 Å². The topological polar surface area (TPSA) is 67.4 Å². The van der Waals surface area contributed by atoms with E-state index >= 15 is 0 Å². The normalized spacial score (nSPS) is 18.7. The van der Waals surface area contributed by atoms with Gasteiger partial charge < -0.3 is 15.0 Å². The van der Waals surface area contributed by atoms with Gasteiger partial charge in [-0.05, 0) is 39.5 Å². The Labute approximate surface area is 129 Å². The molecule has 1 aromatic heterocycles. The van der Waals surface area contributed by atoms with Crippen LogP contribution in [0.2, 0.25) is 0 Å². The minimum atomic E-state index is -0.470. The summed E-state index contributed by atoms with van der Waals surface area (Å²) in [6, 6.07) is 1.99. The summed E-state index contributed by atoms with van der Waals surface area (Å²) in [6.07, 6.45) is 4.25. The lowest BCUT2D eigenvalue weighted by Gasteiger charge is -2.22. The van der Waals surface area contributed by atoms with Crippen molar-refractivity contribution < 1.29 is 9.53 Å². The number of carbonyl (C=O) groups excluding carboxylic acids is 1. The molecule has 0 saturated carbocycles. The summed E-state index contributed by atoms with van der Waals surface area (Å²) in [4.78, 5) is 22.6. The van der Waals surface area contributed by atoms with Crippen molar-refractivity contribution in [2.24, 2.45) is 0 Å². The quantitative estimate of drug-likeness (QED) is 0.682. The predicted octanol–water partition coefficient (Wildman–Crippen LogP) is 2.30.